The van der Waals surface area contributed by atoms with Crippen LogP contribution in [0.25, 0.3) is 0 Å². The van der Waals surface area contributed by atoms with Crippen LogP contribution in [0.1, 0.15) is 24.9 Å². The Morgan fingerprint density at radius 3 is 1.96 bits per heavy atom. The summed E-state index contributed by atoms with van der Waals surface area (Å²) in [6.45, 7) is 1.94. The van der Waals surface area contributed by atoms with Crippen molar-refractivity contribution < 1.29 is 17.9 Å². The quantitative estimate of drug-likeness (QED) is 0.586. The van der Waals surface area contributed by atoms with Crippen LogP contribution in [0.2, 0.25) is 0 Å². The van der Waals surface area contributed by atoms with Gasteiger partial charge in [-0.1, -0.05) is 37.3 Å². The van der Waals surface area contributed by atoms with Gasteiger partial charge >= 0.3 is 0 Å². The highest BCUT2D eigenvalue weighted by Crippen LogP contribution is 2.25. The molecular formula is C22H23NO4S. The van der Waals surface area contributed by atoms with Gasteiger partial charge in [-0.05, 0) is 60.5 Å². The maximum absolute atomic E-state index is 12.8. The molecular weight excluding hydrogens is 374 g/mol. The summed E-state index contributed by atoms with van der Waals surface area (Å²) in [5.41, 5.74) is 0.885. The normalized spacial score (nSPS) is 12.4. The number of methoxy groups -OCH3 is 1. The third-order valence-corrected chi connectivity index (χ3v) is 5.82. The molecule has 0 amide bonds. The minimum Gasteiger partial charge on any atom is -0.497 e. The number of rotatable bonds is 8. The van der Waals surface area contributed by atoms with Crippen molar-refractivity contribution in [3.8, 4) is 17.2 Å². The van der Waals surface area contributed by atoms with Gasteiger partial charge in [0.15, 0.2) is 0 Å². The van der Waals surface area contributed by atoms with Crippen molar-refractivity contribution >= 4 is 10.0 Å². The van der Waals surface area contributed by atoms with Crippen LogP contribution in [-0.4, -0.2) is 15.5 Å². The van der Waals surface area contributed by atoms with Gasteiger partial charge in [0.25, 0.3) is 0 Å². The third-order valence-electron chi connectivity index (χ3n) is 4.34. The lowest BCUT2D eigenvalue weighted by molar-refractivity contribution is 0.414. The molecule has 0 aliphatic heterocycles. The molecule has 6 heteroatoms. The number of hydrogen-bond acceptors (Lipinski definition) is 4. The highest BCUT2D eigenvalue weighted by Gasteiger charge is 2.20. The lowest BCUT2D eigenvalue weighted by Gasteiger charge is -2.18. The van der Waals surface area contributed by atoms with E-state index in [4.69, 9.17) is 9.47 Å². The van der Waals surface area contributed by atoms with Crippen molar-refractivity contribution in [3.05, 3.63) is 84.4 Å². The summed E-state index contributed by atoms with van der Waals surface area (Å²) in [5, 5.41) is 0. The van der Waals surface area contributed by atoms with Crippen molar-refractivity contribution in [2.75, 3.05) is 7.11 Å². The molecule has 0 radical (unpaired) electrons. The van der Waals surface area contributed by atoms with Crippen LogP contribution < -0.4 is 14.2 Å². The van der Waals surface area contributed by atoms with Crippen LogP contribution >= 0.6 is 0 Å². The molecule has 1 unspecified atom stereocenters. The van der Waals surface area contributed by atoms with E-state index in [1.807, 2.05) is 61.5 Å². The summed E-state index contributed by atoms with van der Waals surface area (Å²) in [5.74, 6) is 2.00. The van der Waals surface area contributed by atoms with E-state index >= 15 is 0 Å². The largest absolute Gasteiger partial charge is 0.497 e. The van der Waals surface area contributed by atoms with Gasteiger partial charge in [-0.15, -0.1) is 0 Å². The predicted molar refractivity (Wildman–Crippen MR) is 109 cm³/mol. The molecule has 1 N–H and O–H groups in total. The first-order chi connectivity index (χ1) is 13.5. The van der Waals surface area contributed by atoms with Crippen LogP contribution in [0.4, 0.5) is 0 Å². The maximum Gasteiger partial charge on any atom is 0.241 e. The van der Waals surface area contributed by atoms with Gasteiger partial charge in [-0.25, -0.2) is 13.1 Å². The summed E-state index contributed by atoms with van der Waals surface area (Å²) < 4.78 is 39.2. The van der Waals surface area contributed by atoms with Gasteiger partial charge in [0.2, 0.25) is 10.0 Å². The van der Waals surface area contributed by atoms with Gasteiger partial charge < -0.3 is 9.47 Å². The topological polar surface area (TPSA) is 64.6 Å². The first-order valence-corrected chi connectivity index (χ1v) is 10.5. The van der Waals surface area contributed by atoms with Crippen molar-refractivity contribution in [1.82, 2.24) is 4.72 Å². The molecule has 1 atom stereocenters. The fourth-order valence-electron chi connectivity index (χ4n) is 2.79. The third kappa shape index (κ3) is 4.91. The molecule has 3 aromatic rings. The Kier molecular flexibility index (Phi) is 6.34. The lowest BCUT2D eigenvalue weighted by atomic mass is 10.1. The monoisotopic (exact) mass is 397 g/mol. The molecule has 5 nitrogen and oxygen atoms in total. The van der Waals surface area contributed by atoms with Crippen LogP contribution in [0, 0.1) is 0 Å². The van der Waals surface area contributed by atoms with Crippen LogP contribution in [-0.2, 0) is 10.0 Å². The van der Waals surface area contributed by atoms with Crippen LogP contribution in [0.15, 0.2) is 83.8 Å². The zero-order valence-corrected chi connectivity index (χ0v) is 16.6. The summed E-state index contributed by atoms with van der Waals surface area (Å²) in [6.07, 6.45) is 0.626. The molecule has 0 bridgehead atoms. The molecule has 146 valence electrons. The fourth-order valence-corrected chi connectivity index (χ4v) is 4.10. The zero-order chi connectivity index (χ0) is 20.0. The number of hydrogen-bond donors (Lipinski definition) is 1. The molecule has 0 spiro atoms. The molecule has 3 aromatic carbocycles. The molecule has 0 aliphatic rings. The van der Waals surface area contributed by atoms with E-state index in [1.54, 1.807) is 31.4 Å². The molecule has 0 heterocycles. The van der Waals surface area contributed by atoms with E-state index < -0.39 is 10.0 Å². The van der Waals surface area contributed by atoms with Gasteiger partial charge in [-0.3, -0.25) is 0 Å². The fraction of sp³-hybridized carbons (Fsp3) is 0.182. The van der Waals surface area contributed by atoms with E-state index in [2.05, 4.69) is 4.72 Å². The lowest BCUT2D eigenvalue weighted by Crippen LogP contribution is -2.28. The number of benzene rings is 3. The van der Waals surface area contributed by atoms with E-state index in [1.165, 1.54) is 0 Å². The highest BCUT2D eigenvalue weighted by atomic mass is 32.2. The standard InChI is InChI=1S/C22H23NO4S/c1-3-22(17-9-11-18(26-2)12-10-17)23-28(24,25)21-15-13-20(14-16-21)27-19-7-5-4-6-8-19/h4-16,22-23H,3H2,1-2H3. The molecule has 3 rings (SSSR count). The summed E-state index contributed by atoms with van der Waals surface area (Å²) in [4.78, 5) is 0.194. The van der Waals surface area contributed by atoms with Crippen molar-refractivity contribution in [2.45, 2.75) is 24.3 Å². The summed E-state index contributed by atoms with van der Waals surface area (Å²) in [6, 6.07) is 22.8. The van der Waals surface area contributed by atoms with E-state index in [-0.39, 0.29) is 10.9 Å². The number of ether oxygens (including phenoxy) is 2. The minimum absolute atomic E-state index is 0.194. The van der Waals surface area contributed by atoms with Crippen molar-refractivity contribution in [1.29, 1.82) is 0 Å². The van der Waals surface area contributed by atoms with Crippen molar-refractivity contribution in [3.63, 3.8) is 0 Å². The van der Waals surface area contributed by atoms with E-state index in [0.29, 0.717) is 17.9 Å². The van der Waals surface area contributed by atoms with Crippen LogP contribution in [0.5, 0.6) is 17.2 Å². The first kappa shape index (κ1) is 19.9. The highest BCUT2D eigenvalue weighted by molar-refractivity contribution is 7.89. The average molecular weight is 397 g/mol. The van der Waals surface area contributed by atoms with Gasteiger partial charge in [0.05, 0.1) is 12.0 Å². The first-order valence-electron chi connectivity index (χ1n) is 9.01. The Balaban J connectivity index is 1.73. The second kappa shape index (κ2) is 8.91. The molecule has 0 aliphatic carbocycles. The Morgan fingerprint density at radius 1 is 0.821 bits per heavy atom. The number of para-hydroxylation sites is 1. The number of sulfonamides is 1. The predicted octanol–water partition coefficient (Wildman–Crippen LogP) is 4.92. The molecule has 0 fully saturated rings. The van der Waals surface area contributed by atoms with Gasteiger partial charge in [-0.2, -0.15) is 0 Å². The Bertz CT molecular complexity index is 985. The van der Waals surface area contributed by atoms with E-state index in [9.17, 15) is 8.42 Å². The number of nitrogens with one attached hydrogen (secondary N) is 1. The molecule has 0 aromatic heterocycles. The van der Waals surface area contributed by atoms with Crippen LogP contribution in [0.3, 0.4) is 0 Å². The Morgan fingerprint density at radius 2 is 1.39 bits per heavy atom. The molecule has 0 saturated carbocycles. The average Bonchev–Trinajstić information content (AvgIpc) is 2.73. The smallest absolute Gasteiger partial charge is 0.241 e. The second-order valence-electron chi connectivity index (χ2n) is 6.24. The Labute approximate surface area is 166 Å². The maximum atomic E-state index is 12.8. The Hall–Kier alpha value is -2.83. The summed E-state index contributed by atoms with van der Waals surface area (Å²) in [7, 11) is -2.06. The molecule has 0 saturated heterocycles. The second-order valence-corrected chi connectivity index (χ2v) is 7.96. The minimum atomic E-state index is -3.66. The van der Waals surface area contributed by atoms with Gasteiger partial charge in [0.1, 0.15) is 17.2 Å². The van der Waals surface area contributed by atoms with E-state index in [0.717, 1.165) is 11.3 Å². The van der Waals surface area contributed by atoms with Gasteiger partial charge in [0, 0.05) is 6.04 Å². The SMILES string of the molecule is CCC(NS(=O)(=O)c1ccc(Oc2ccccc2)cc1)c1ccc(OC)cc1. The zero-order valence-electron chi connectivity index (χ0n) is 15.8. The summed E-state index contributed by atoms with van der Waals surface area (Å²) >= 11 is 0. The molecule has 28 heavy (non-hydrogen) atoms. The van der Waals surface area contributed by atoms with Crippen molar-refractivity contribution in [2.24, 2.45) is 0 Å².